The van der Waals surface area contributed by atoms with Gasteiger partial charge in [0.25, 0.3) is 0 Å². The van der Waals surface area contributed by atoms with Crippen molar-refractivity contribution in [2.45, 2.75) is 6.10 Å². The van der Waals surface area contributed by atoms with Crippen LogP contribution in [0.3, 0.4) is 0 Å². The summed E-state index contributed by atoms with van der Waals surface area (Å²) in [6.07, 6.45) is -2.07. The lowest BCUT2D eigenvalue weighted by Gasteiger charge is -1.96. The van der Waals surface area contributed by atoms with E-state index >= 15 is 0 Å². The highest BCUT2D eigenvalue weighted by Crippen LogP contribution is 1.71. The molecule has 0 saturated heterocycles. The molecule has 3 nitrogen and oxygen atoms in total. The van der Waals surface area contributed by atoms with Crippen molar-refractivity contribution in [2.24, 2.45) is 0 Å². The number of aliphatic hydroxyl groups excluding tert-OH is 2. The Hall–Kier alpha value is -0.120. The molecule has 0 fully saturated rings. The van der Waals surface area contributed by atoms with E-state index in [0.717, 1.165) is 0 Å². The first-order valence-corrected chi connectivity index (χ1v) is 1.36. The lowest BCUT2D eigenvalue weighted by Crippen LogP contribution is -2.15. The van der Waals surface area contributed by atoms with E-state index in [9.17, 15) is 0 Å². The average molecular weight is 97.1 g/mol. The highest BCUT2D eigenvalue weighted by atomic mass is 16.5. The van der Waals surface area contributed by atoms with Gasteiger partial charge in [0, 0.05) is 0 Å². The third kappa shape index (κ3) is 2.14. The first-order valence-electron chi connectivity index (χ1n) is 2.94. The molecule has 0 amide bonds. The van der Waals surface area contributed by atoms with Gasteiger partial charge in [-0.2, -0.15) is 0 Å². The Balaban J connectivity index is 3.88. The van der Waals surface area contributed by atoms with Crippen LogP contribution in [-0.4, -0.2) is 34.6 Å². The Morgan fingerprint density at radius 2 is 2.17 bits per heavy atom. The van der Waals surface area contributed by atoms with Gasteiger partial charge in [0.15, 0.2) is 0 Å². The topological polar surface area (TPSA) is 60.7 Å². The zero-order valence-corrected chi connectivity index (χ0v) is 3.00. The van der Waals surface area contributed by atoms with Crippen LogP contribution < -0.4 is 0 Å². The molecular weight excluding hydrogens is 86.0 g/mol. The van der Waals surface area contributed by atoms with E-state index in [0.29, 0.717) is 0 Å². The van der Waals surface area contributed by atoms with E-state index in [2.05, 4.69) is 0 Å². The highest BCUT2D eigenvalue weighted by molar-refractivity contribution is 4.43. The fourth-order valence-corrected chi connectivity index (χ4v) is 0.0333. The summed E-state index contributed by atoms with van der Waals surface area (Å²) in [5.74, 6) is 0. The predicted octanol–water partition coefficient (Wildman–Crippen LogP) is -1.67. The molecule has 0 spiro atoms. The van der Waals surface area contributed by atoms with Crippen molar-refractivity contribution < 1.29 is 19.4 Å². The van der Waals surface area contributed by atoms with Gasteiger partial charge in [0.1, 0.15) is 6.10 Å². The van der Waals surface area contributed by atoms with Gasteiger partial charge < -0.3 is 15.3 Å². The van der Waals surface area contributed by atoms with Crippen LogP contribution in [0.1, 0.15) is 4.11 Å². The molecule has 0 aromatic heterocycles. The molecule has 0 aromatic carbocycles. The molecule has 38 valence electrons. The zero-order chi connectivity index (χ0) is 7.65. The van der Waals surface area contributed by atoms with Gasteiger partial charge in [-0.3, -0.25) is 0 Å². The summed E-state index contributed by atoms with van der Waals surface area (Å²) < 4.78 is 19.1. The minimum atomic E-state index is -2.90. The third-order valence-corrected chi connectivity index (χ3v) is 0.273. The van der Waals surface area contributed by atoms with Gasteiger partial charge in [0.2, 0.25) is 0 Å². The van der Waals surface area contributed by atoms with Crippen molar-refractivity contribution >= 4 is 0 Å². The van der Waals surface area contributed by atoms with E-state index in [1.54, 1.807) is 0 Å². The maximum atomic E-state index is 8.40. The molecule has 0 aliphatic heterocycles. The fraction of sp³-hybridized carbons (Fsp3) is 1.00. The first kappa shape index (κ1) is 2.26. The Bertz CT molecular complexity index is 88.8. The molecule has 0 aliphatic rings. The van der Waals surface area contributed by atoms with Crippen molar-refractivity contribution in [1.82, 2.24) is 0 Å². The molecule has 0 rings (SSSR count). The van der Waals surface area contributed by atoms with Gasteiger partial charge in [-0.15, -0.1) is 0 Å². The molecular formula is C3H8O3. The summed E-state index contributed by atoms with van der Waals surface area (Å²) in [6, 6.07) is 0. The molecule has 0 bridgehead atoms. The van der Waals surface area contributed by atoms with E-state index in [-0.39, 0.29) is 0 Å². The predicted molar refractivity (Wildman–Crippen MR) is 20.2 cm³/mol. The molecule has 0 aliphatic carbocycles. The molecule has 3 heteroatoms. The van der Waals surface area contributed by atoms with Crippen LogP contribution in [0.5, 0.6) is 0 Å². The highest BCUT2D eigenvalue weighted by Gasteiger charge is 1.93. The molecule has 0 saturated carbocycles. The summed E-state index contributed by atoms with van der Waals surface area (Å²) in [5, 5.41) is 24.8. The molecule has 0 aromatic rings. The van der Waals surface area contributed by atoms with E-state index in [4.69, 9.17) is 19.4 Å². The van der Waals surface area contributed by atoms with Crippen LogP contribution in [0.15, 0.2) is 0 Å². The van der Waals surface area contributed by atoms with Crippen LogP contribution in [0.2, 0.25) is 0 Å². The molecule has 2 atom stereocenters. The SMILES string of the molecule is [2H][13CH](O)[13CH](O)C([2H])([2H])O. The molecule has 0 radical (unpaired) electrons. The lowest BCUT2D eigenvalue weighted by molar-refractivity contribution is 0.0450. The maximum absolute atomic E-state index is 8.40. The van der Waals surface area contributed by atoms with Crippen molar-refractivity contribution in [3.8, 4) is 0 Å². The van der Waals surface area contributed by atoms with Crippen LogP contribution in [-0.2, 0) is 0 Å². The Labute approximate surface area is 40.1 Å². The third-order valence-electron chi connectivity index (χ3n) is 0.273. The summed E-state index contributed by atoms with van der Waals surface area (Å²) >= 11 is 0. The minimum Gasteiger partial charge on any atom is -0.394 e. The normalized spacial score (nSPS) is 29.5. The molecule has 6 heavy (non-hydrogen) atoms. The number of rotatable bonds is 2. The van der Waals surface area contributed by atoms with Crippen LogP contribution in [0.25, 0.3) is 0 Å². The van der Waals surface area contributed by atoms with Crippen LogP contribution in [0.4, 0.5) is 0 Å². The Morgan fingerprint density at radius 3 is 2.17 bits per heavy atom. The quantitative estimate of drug-likeness (QED) is 0.361. The first-order chi connectivity index (χ1) is 3.85. The minimum absolute atomic E-state index is 2.01. The smallest absolute Gasteiger partial charge is 0.100 e. The van der Waals surface area contributed by atoms with Crippen molar-refractivity contribution in [1.29, 1.82) is 0 Å². The summed E-state index contributed by atoms with van der Waals surface area (Å²) in [7, 11) is 0. The van der Waals surface area contributed by atoms with Gasteiger partial charge >= 0.3 is 0 Å². The summed E-state index contributed by atoms with van der Waals surface area (Å²) in [5.41, 5.74) is 0. The van der Waals surface area contributed by atoms with Crippen LogP contribution in [0, 0.1) is 0 Å². The monoisotopic (exact) mass is 97.1 g/mol. The number of hydrogen-bond donors (Lipinski definition) is 3. The molecule has 0 heterocycles. The Kier molecular flexibility index (Phi) is 1.16. The molecule has 3 N–H and O–H groups in total. The van der Waals surface area contributed by atoms with Gasteiger partial charge in [-0.05, 0) is 0 Å². The lowest BCUT2D eigenvalue weighted by atomic mass is 11.0. The van der Waals surface area contributed by atoms with E-state index in [1.807, 2.05) is 0 Å². The van der Waals surface area contributed by atoms with Crippen molar-refractivity contribution in [2.75, 3.05) is 13.1 Å². The van der Waals surface area contributed by atoms with E-state index in [1.165, 1.54) is 0 Å². The zero-order valence-electron chi connectivity index (χ0n) is 6.00. The second-order valence-electron chi connectivity index (χ2n) is 0.723. The van der Waals surface area contributed by atoms with Crippen molar-refractivity contribution in [3.63, 3.8) is 0 Å². The van der Waals surface area contributed by atoms with Crippen molar-refractivity contribution in [3.05, 3.63) is 0 Å². The van der Waals surface area contributed by atoms with Gasteiger partial charge in [0.05, 0.1) is 17.3 Å². The van der Waals surface area contributed by atoms with Gasteiger partial charge in [-0.1, -0.05) is 0 Å². The molecule has 2 unspecified atom stereocenters. The number of aliphatic hydroxyl groups is 3. The standard InChI is InChI=1S/C3H8O3/c4-1-3(6)2-5/h3-6H,1-2H2/i1D2,2+1D,3+1. The largest absolute Gasteiger partial charge is 0.394 e. The Morgan fingerprint density at radius 1 is 1.67 bits per heavy atom. The van der Waals surface area contributed by atoms with Gasteiger partial charge in [-0.25, -0.2) is 0 Å². The second-order valence-corrected chi connectivity index (χ2v) is 0.723. The summed E-state index contributed by atoms with van der Waals surface area (Å²) in [4.78, 5) is 0. The van der Waals surface area contributed by atoms with E-state index < -0.39 is 19.2 Å². The van der Waals surface area contributed by atoms with Crippen LogP contribution >= 0.6 is 0 Å². The number of hydrogen-bond acceptors (Lipinski definition) is 3. The second kappa shape index (κ2) is 3.08. The maximum Gasteiger partial charge on any atom is 0.100 e. The summed E-state index contributed by atoms with van der Waals surface area (Å²) in [6.45, 7) is -4.91. The fourth-order valence-electron chi connectivity index (χ4n) is 0.0333. The average Bonchev–Trinajstić information content (AvgIpc) is 1.62.